The molecule has 0 amide bonds. The van der Waals surface area contributed by atoms with Crippen LogP contribution in [0.25, 0.3) is 0 Å². The molecule has 0 radical (unpaired) electrons. The van der Waals surface area contributed by atoms with Crippen LogP contribution in [0.3, 0.4) is 0 Å². The van der Waals surface area contributed by atoms with Crippen LogP contribution in [0.1, 0.15) is 33.1 Å². The van der Waals surface area contributed by atoms with Gasteiger partial charge in [0.05, 0.1) is 6.61 Å². The first-order chi connectivity index (χ1) is 7.24. The lowest BCUT2D eigenvalue weighted by Crippen LogP contribution is -2.25. The fraction of sp³-hybridized carbons (Fsp3) is 0.750. The lowest BCUT2D eigenvalue weighted by Gasteiger charge is -2.18. The summed E-state index contributed by atoms with van der Waals surface area (Å²) in [6.45, 7) is 4.67. The standard InChI is InChI=1S/C12H20O3/c1-3-14-10(2)12(13)15-9-11-7-5-4-6-8-11/h4-5,10-11H,3,6-9H2,1-2H3. The first kappa shape index (κ1) is 12.2. The van der Waals surface area contributed by atoms with Crippen LogP contribution in [0.4, 0.5) is 0 Å². The first-order valence-electron chi connectivity index (χ1n) is 5.67. The minimum Gasteiger partial charge on any atom is -0.463 e. The minimum absolute atomic E-state index is 0.244. The molecule has 2 unspecified atom stereocenters. The maximum Gasteiger partial charge on any atom is 0.334 e. The van der Waals surface area contributed by atoms with Crippen LogP contribution >= 0.6 is 0 Å². The Bertz CT molecular complexity index is 223. The van der Waals surface area contributed by atoms with E-state index in [9.17, 15) is 4.79 Å². The van der Waals surface area contributed by atoms with E-state index in [4.69, 9.17) is 9.47 Å². The molecular weight excluding hydrogens is 192 g/mol. The second kappa shape index (κ2) is 6.62. The molecule has 0 N–H and O–H groups in total. The van der Waals surface area contributed by atoms with Crippen LogP contribution in [-0.4, -0.2) is 25.3 Å². The predicted molar refractivity (Wildman–Crippen MR) is 58.5 cm³/mol. The van der Waals surface area contributed by atoms with Gasteiger partial charge in [0.1, 0.15) is 0 Å². The van der Waals surface area contributed by atoms with Gasteiger partial charge in [0, 0.05) is 6.61 Å². The molecule has 3 heteroatoms. The number of ether oxygens (including phenoxy) is 2. The van der Waals surface area contributed by atoms with E-state index in [0.29, 0.717) is 19.1 Å². The van der Waals surface area contributed by atoms with E-state index in [1.807, 2.05) is 6.92 Å². The summed E-state index contributed by atoms with van der Waals surface area (Å²) >= 11 is 0. The number of rotatable bonds is 5. The third-order valence-electron chi connectivity index (χ3n) is 2.59. The highest BCUT2D eigenvalue weighted by Gasteiger charge is 2.17. The maximum absolute atomic E-state index is 11.4. The van der Waals surface area contributed by atoms with Gasteiger partial charge in [-0.3, -0.25) is 0 Å². The van der Waals surface area contributed by atoms with Gasteiger partial charge in [0.25, 0.3) is 0 Å². The van der Waals surface area contributed by atoms with Crippen molar-refractivity contribution in [2.75, 3.05) is 13.2 Å². The zero-order valence-corrected chi connectivity index (χ0v) is 9.57. The molecule has 0 saturated carbocycles. The molecule has 3 nitrogen and oxygen atoms in total. The largest absolute Gasteiger partial charge is 0.463 e. The summed E-state index contributed by atoms with van der Waals surface area (Å²) in [4.78, 5) is 11.4. The average molecular weight is 212 g/mol. The first-order valence-corrected chi connectivity index (χ1v) is 5.67. The number of carbonyl (C=O) groups excluding carboxylic acids is 1. The molecule has 0 aliphatic heterocycles. The zero-order valence-electron chi connectivity index (χ0n) is 9.57. The van der Waals surface area contributed by atoms with Gasteiger partial charge in [-0.25, -0.2) is 4.79 Å². The molecule has 0 fully saturated rings. The molecule has 0 saturated heterocycles. The van der Waals surface area contributed by atoms with Crippen LogP contribution in [-0.2, 0) is 14.3 Å². The monoisotopic (exact) mass is 212 g/mol. The van der Waals surface area contributed by atoms with Gasteiger partial charge in [-0.05, 0) is 39.0 Å². The van der Waals surface area contributed by atoms with Crippen LogP contribution in [0.15, 0.2) is 12.2 Å². The van der Waals surface area contributed by atoms with Crippen LogP contribution in [0.5, 0.6) is 0 Å². The molecular formula is C12H20O3. The van der Waals surface area contributed by atoms with Gasteiger partial charge in [-0.15, -0.1) is 0 Å². The Morgan fingerprint density at radius 3 is 2.93 bits per heavy atom. The number of carbonyl (C=O) groups is 1. The molecule has 0 aromatic carbocycles. The van der Waals surface area contributed by atoms with Crippen molar-refractivity contribution in [3.8, 4) is 0 Å². The van der Waals surface area contributed by atoms with Gasteiger partial charge in [0.2, 0.25) is 0 Å². The zero-order chi connectivity index (χ0) is 11.1. The lowest BCUT2D eigenvalue weighted by molar-refractivity contribution is -0.157. The van der Waals surface area contributed by atoms with Crippen molar-refractivity contribution in [3.63, 3.8) is 0 Å². The molecule has 1 rings (SSSR count). The van der Waals surface area contributed by atoms with E-state index in [-0.39, 0.29) is 5.97 Å². The van der Waals surface area contributed by atoms with Crippen molar-refractivity contribution in [2.24, 2.45) is 5.92 Å². The normalized spacial score (nSPS) is 22.4. The Labute approximate surface area is 91.4 Å². The van der Waals surface area contributed by atoms with E-state index in [1.54, 1.807) is 6.92 Å². The van der Waals surface area contributed by atoms with E-state index in [0.717, 1.165) is 19.3 Å². The fourth-order valence-corrected chi connectivity index (χ4v) is 1.64. The van der Waals surface area contributed by atoms with Crippen molar-refractivity contribution >= 4 is 5.97 Å². The molecule has 0 aromatic heterocycles. The molecule has 2 atom stereocenters. The summed E-state index contributed by atoms with van der Waals surface area (Å²) in [5.41, 5.74) is 0. The second-order valence-corrected chi connectivity index (χ2v) is 3.88. The van der Waals surface area contributed by atoms with E-state index in [2.05, 4.69) is 12.2 Å². The van der Waals surface area contributed by atoms with Crippen LogP contribution in [0.2, 0.25) is 0 Å². The van der Waals surface area contributed by atoms with E-state index >= 15 is 0 Å². The molecule has 86 valence electrons. The Balaban J connectivity index is 2.18. The molecule has 0 heterocycles. The fourth-order valence-electron chi connectivity index (χ4n) is 1.64. The van der Waals surface area contributed by atoms with Crippen molar-refractivity contribution < 1.29 is 14.3 Å². The summed E-state index contributed by atoms with van der Waals surface area (Å²) in [6.07, 6.45) is 7.15. The Morgan fingerprint density at radius 1 is 1.53 bits per heavy atom. The van der Waals surface area contributed by atoms with Gasteiger partial charge in [0.15, 0.2) is 6.10 Å². The lowest BCUT2D eigenvalue weighted by atomic mass is 9.95. The highest BCUT2D eigenvalue weighted by atomic mass is 16.6. The molecule has 0 spiro atoms. The van der Waals surface area contributed by atoms with Crippen molar-refractivity contribution in [3.05, 3.63) is 12.2 Å². The quantitative estimate of drug-likeness (QED) is 0.518. The molecule has 1 aliphatic rings. The third-order valence-corrected chi connectivity index (χ3v) is 2.59. The summed E-state index contributed by atoms with van der Waals surface area (Å²) in [6, 6.07) is 0. The van der Waals surface area contributed by atoms with Crippen molar-refractivity contribution in [2.45, 2.75) is 39.2 Å². The van der Waals surface area contributed by atoms with Gasteiger partial charge in [-0.1, -0.05) is 12.2 Å². The molecule has 0 aromatic rings. The van der Waals surface area contributed by atoms with E-state index < -0.39 is 6.10 Å². The Morgan fingerprint density at radius 2 is 2.33 bits per heavy atom. The van der Waals surface area contributed by atoms with Gasteiger partial charge >= 0.3 is 5.97 Å². The van der Waals surface area contributed by atoms with Gasteiger partial charge < -0.3 is 9.47 Å². The highest BCUT2D eigenvalue weighted by Crippen LogP contribution is 2.18. The van der Waals surface area contributed by atoms with E-state index in [1.165, 1.54) is 0 Å². The Kier molecular flexibility index (Phi) is 5.40. The second-order valence-electron chi connectivity index (χ2n) is 3.88. The van der Waals surface area contributed by atoms with Crippen LogP contribution in [0, 0.1) is 5.92 Å². The molecule has 1 aliphatic carbocycles. The van der Waals surface area contributed by atoms with Crippen LogP contribution < -0.4 is 0 Å². The summed E-state index contributed by atoms with van der Waals surface area (Å²) in [5.74, 6) is 0.249. The third kappa shape index (κ3) is 4.47. The van der Waals surface area contributed by atoms with Gasteiger partial charge in [-0.2, -0.15) is 0 Å². The number of hydrogen-bond donors (Lipinski definition) is 0. The number of esters is 1. The minimum atomic E-state index is -0.436. The number of hydrogen-bond acceptors (Lipinski definition) is 3. The maximum atomic E-state index is 11.4. The highest BCUT2D eigenvalue weighted by molar-refractivity contribution is 5.74. The SMILES string of the molecule is CCOC(C)C(=O)OCC1CC=CCC1. The summed E-state index contributed by atoms with van der Waals surface area (Å²) in [7, 11) is 0. The van der Waals surface area contributed by atoms with Crippen molar-refractivity contribution in [1.29, 1.82) is 0 Å². The van der Waals surface area contributed by atoms with Crippen molar-refractivity contribution in [1.82, 2.24) is 0 Å². The topological polar surface area (TPSA) is 35.5 Å². The Hall–Kier alpha value is -0.830. The molecule has 15 heavy (non-hydrogen) atoms. The smallest absolute Gasteiger partial charge is 0.334 e. The number of allylic oxidation sites excluding steroid dienone is 2. The average Bonchev–Trinajstić information content (AvgIpc) is 2.27. The predicted octanol–water partition coefficient (Wildman–Crippen LogP) is 2.31. The molecule has 0 bridgehead atoms. The summed E-state index contributed by atoms with van der Waals surface area (Å²) in [5, 5.41) is 0. The summed E-state index contributed by atoms with van der Waals surface area (Å²) < 4.78 is 10.4.